The fourth-order valence-corrected chi connectivity index (χ4v) is 2.37. The van der Waals surface area contributed by atoms with Crippen LogP contribution in [0.25, 0.3) is 22.4 Å². The molecular formula is C18H9F3N4O. The van der Waals surface area contributed by atoms with Crippen LogP contribution in [0.15, 0.2) is 48.9 Å². The van der Waals surface area contributed by atoms with Gasteiger partial charge in [-0.3, -0.25) is 9.78 Å². The number of rotatable bonds is 3. The van der Waals surface area contributed by atoms with E-state index in [0.29, 0.717) is 28.7 Å². The number of alkyl halides is 3. The summed E-state index contributed by atoms with van der Waals surface area (Å²) < 4.78 is 37.8. The highest BCUT2D eigenvalue weighted by Gasteiger charge is 2.34. The minimum absolute atomic E-state index is 0.173. The summed E-state index contributed by atoms with van der Waals surface area (Å²) in [5, 5.41) is 9.21. The van der Waals surface area contributed by atoms with Gasteiger partial charge < -0.3 is 0 Å². The molecule has 0 spiro atoms. The average Bonchev–Trinajstić information content (AvgIpc) is 2.67. The molecule has 3 rings (SSSR count). The molecule has 2 aromatic heterocycles. The lowest BCUT2D eigenvalue weighted by atomic mass is 9.99. The monoisotopic (exact) mass is 354 g/mol. The van der Waals surface area contributed by atoms with Gasteiger partial charge in [0.15, 0.2) is 6.29 Å². The van der Waals surface area contributed by atoms with Gasteiger partial charge in [0, 0.05) is 35.3 Å². The summed E-state index contributed by atoms with van der Waals surface area (Å²) in [6.07, 6.45) is -0.819. The van der Waals surface area contributed by atoms with E-state index in [1.165, 1.54) is 12.3 Å². The second-order valence-corrected chi connectivity index (χ2v) is 5.23. The van der Waals surface area contributed by atoms with Gasteiger partial charge in [-0.1, -0.05) is 18.2 Å². The molecule has 0 saturated heterocycles. The van der Waals surface area contributed by atoms with E-state index in [9.17, 15) is 23.2 Å². The molecule has 8 heteroatoms. The van der Waals surface area contributed by atoms with Gasteiger partial charge in [0.1, 0.15) is 0 Å². The Labute approximate surface area is 145 Å². The number of hydrogen-bond donors (Lipinski definition) is 0. The van der Waals surface area contributed by atoms with E-state index in [1.807, 2.05) is 6.07 Å². The number of pyridine rings is 1. The van der Waals surface area contributed by atoms with Crippen molar-refractivity contribution in [3.05, 3.63) is 65.9 Å². The molecule has 0 fully saturated rings. The van der Waals surface area contributed by atoms with Crippen molar-refractivity contribution in [3.63, 3.8) is 0 Å². The summed E-state index contributed by atoms with van der Waals surface area (Å²) in [4.78, 5) is 22.1. The molecule has 0 N–H and O–H groups in total. The molecule has 5 nitrogen and oxygen atoms in total. The molecule has 0 aliphatic heterocycles. The van der Waals surface area contributed by atoms with Gasteiger partial charge in [-0.15, -0.1) is 0 Å². The van der Waals surface area contributed by atoms with Gasteiger partial charge in [0.2, 0.25) is 5.82 Å². The number of aldehydes is 1. The molecule has 0 bridgehead atoms. The van der Waals surface area contributed by atoms with Crippen LogP contribution in [0.5, 0.6) is 0 Å². The normalized spacial score (nSPS) is 11.0. The molecule has 26 heavy (non-hydrogen) atoms. The van der Waals surface area contributed by atoms with Crippen LogP contribution in [0.2, 0.25) is 0 Å². The first-order chi connectivity index (χ1) is 12.4. The number of nitrogens with zero attached hydrogens (tertiary/aromatic N) is 4. The molecule has 1 aromatic carbocycles. The number of carbonyl (C=O) groups excluding carboxylic acids is 1. The smallest absolute Gasteiger partial charge is 0.298 e. The summed E-state index contributed by atoms with van der Waals surface area (Å²) in [5.41, 5.74) is 2.06. The molecule has 0 saturated carbocycles. The Bertz CT molecular complexity index is 1010. The third kappa shape index (κ3) is 3.28. The second kappa shape index (κ2) is 6.72. The molecule has 0 aliphatic rings. The van der Waals surface area contributed by atoms with Crippen LogP contribution in [-0.2, 0) is 6.18 Å². The fraction of sp³-hybridized carbons (Fsp3) is 0.0556. The highest BCUT2D eigenvalue weighted by Crippen LogP contribution is 2.30. The van der Waals surface area contributed by atoms with Crippen LogP contribution < -0.4 is 0 Å². The molecule has 3 aromatic rings. The van der Waals surface area contributed by atoms with Crippen molar-refractivity contribution in [3.8, 4) is 28.5 Å². The molecule has 2 heterocycles. The van der Waals surface area contributed by atoms with Crippen LogP contribution in [0, 0.1) is 11.3 Å². The zero-order valence-electron chi connectivity index (χ0n) is 13.0. The van der Waals surface area contributed by atoms with Crippen molar-refractivity contribution in [2.45, 2.75) is 6.18 Å². The Hall–Kier alpha value is -3.60. The van der Waals surface area contributed by atoms with Crippen LogP contribution >= 0.6 is 0 Å². The third-order valence-electron chi connectivity index (χ3n) is 3.60. The Balaban J connectivity index is 2.12. The number of hydrogen-bond acceptors (Lipinski definition) is 5. The maximum absolute atomic E-state index is 12.6. The van der Waals surface area contributed by atoms with Crippen molar-refractivity contribution >= 4 is 6.29 Å². The molecule has 128 valence electrons. The fourth-order valence-electron chi connectivity index (χ4n) is 2.37. The Morgan fingerprint density at radius 3 is 2.31 bits per heavy atom. The zero-order chi connectivity index (χ0) is 18.7. The first-order valence-corrected chi connectivity index (χ1v) is 7.28. The Morgan fingerprint density at radius 2 is 1.69 bits per heavy atom. The molecule has 0 unspecified atom stereocenters. The lowest BCUT2D eigenvalue weighted by Crippen LogP contribution is -2.10. The van der Waals surface area contributed by atoms with Crippen molar-refractivity contribution in [1.29, 1.82) is 5.26 Å². The van der Waals surface area contributed by atoms with Crippen LogP contribution in [0.4, 0.5) is 13.2 Å². The largest absolute Gasteiger partial charge is 0.451 e. The highest BCUT2D eigenvalue weighted by molar-refractivity contribution is 5.88. The van der Waals surface area contributed by atoms with Crippen LogP contribution in [0.1, 0.15) is 21.7 Å². The second-order valence-electron chi connectivity index (χ2n) is 5.23. The van der Waals surface area contributed by atoms with E-state index in [4.69, 9.17) is 0 Å². The quantitative estimate of drug-likeness (QED) is 0.666. The summed E-state index contributed by atoms with van der Waals surface area (Å²) >= 11 is 0. The standard InChI is InChI=1S/C18H9F3N4O/c19-18(20,21)17-24-7-12(8-25-17)15-5-16(23-9-13(15)10-26)14-4-2-1-3-11(14)6-22/h1-5,7-10H. The minimum atomic E-state index is -4.65. The lowest BCUT2D eigenvalue weighted by molar-refractivity contribution is -0.144. The van der Waals surface area contributed by atoms with Crippen molar-refractivity contribution in [2.75, 3.05) is 0 Å². The predicted octanol–water partition coefficient (Wildman–Crippen LogP) is 3.91. The van der Waals surface area contributed by atoms with Gasteiger partial charge in [-0.2, -0.15) is 18.4 Å². The van der Waals surface area contributed by atoms with Gasteiger partial charge in [0.25, 0.3) is 0 Å². The summed E-state index contributed by atoms with van der Waals surface area (Å²) in [5.74, 6) is -1.27. The molecule has 0 amide bonds. The zero-order valence-corrected chi connectivity index (χ0v) is 13.0. The van der Waals surface area contributed by atoms with Gasteiger partial charge in [-0.25, -0.2) is 9.97 Å². The molecule has 0 radical (unpaired) electrons. The van der Waals surface area contributed by atoms with E-state index < -0.39 is 12.0 Å². The number of nitriles is 1. The van der Waals surface area contributed by atoms with E-state index >= 15 is 0 Å². The van der Waals surface area contributed by atoms with Crippen LogP contribution in [0.3, 0.4) is 0 Å². The lowest BCUT2D eigenvalue weighted by Gasteiger charge is -2.10. The predicted molar refractivity (Wildman–Crippen MR) is 85.8 cm³/mol. The number of carbonyl (C=O) groups is 1. The number of benzene rings is 1. The Kier molecular flexibility index (Phi) is 4.45. The van der Waals surface area contributed by atoms with E-state index in [1.54, 1.807) is 24.3 Å². The molecule has 0 atom stereocenters. The number of halogens is 3. The first-order valence-electron chi connectivity index (χ1n) is 7.28. The first kappa shape index (κ1) is 17.2. The van der Waals surface area contributed by atoms with Crippen molar-refractivity contribution in [2.24, 2.45) is 0 Å². The summed E-state index contributed by atoms with van der Waals surface area (Å²) in [6.45, 7) is 0. The third-order valence-corrected chi connectivity index (χ3v) is 3.60. The molecule has 0 aliphatic carbocycles. The van der Waals surface area contributed by atoms with Crippen molar-refractivity contribution < 1.29 is 18.0 Å². The maximum atomic E-state index is 12.6. The van der Waals surface area contributed by atoms with E-state index in [0.717, 1.165) is 12.4 Å². The van der Waals surface area contributed by atoms with E-state index in [-0.39, 0.29) is 11.1 Å². The van der Waals surface area contributed by atoms with Gasteiger partial charge in [0.05, 0.1) is 17.3 Å². The number of aromatic nitrogens is 3. The average molecular weight is 354 g/mol. The van der Waals surface area contributed by atoms with E-state index in [2.05, 4.69) is 15.0 Å². The van der Waals surface area contributed by atoms with Gasteiger partial charge >= 0.3 is 6.18 Å². The summed E-state index contributed by atoms with van der Waals surface area (Å²) in [6, 6.07) is 10.3. The molecular weight excluding hydrogens is 345 g/mol. The van der Waals surface area contributed by atoms with Crippen LogP contribution in [-0.4, -0.2) is 21.2 Å². The van der Waals surface area contributed by atoms with Crippen molar-refractivity contribution in [1.82, 2.24) is 15.0 Å². The Morgan fingerprint density at radius 1 is 1.00 bits per heavy atom. The summed E-state index contributed by atoms with van der Waals surface area (Å²) in [7, 11) is 0. The highest BCUT2D eigenvalue weighted by atomic mass is 19.4. The topological polar surface area (TPSA) is 79.5 Å². The van der Waals surface area contributed by atoms with Gasteiger partial charge in [-0.05, 0) is 17.7 Å². The maximum Gasteiger partial charge on any atom is 0.451 e. The minimum Gasteiger partial charge on any atom is -0.298 e. The SMILES string of the molecule is N#Cc1ccccc1-c1cc(-c2cnc(C(F)(F)F)nc2)c(C=O)cn1.